The van der Waals surface area contributed by atoms with Gasteiger partial charge in [0.1, 0.15) is 5.56 Å². The second-order valence-electron chi connectivity index (χ2n) is 8.25. The molecule has 0 saturated carbocycles. The zero-order chi connectivity index (χ0) is 22.3. The summed E-state index contributed by atoms with van der Waals surface area (Å²) in [5.74, 6) is -0.344. The molecule has 166 valence electrons. The Morgan fingerprint density at radius 2 is 1.97 bits per heavy atom. The molecule has 0 bridgehead atoms. The van der Waals surface area contributed by atoms with Crippen LogP contribution in [-0.4, -0.2) is 28.2 Å². The molecule has 1 atom stereocenters. The Morgan fingerprint density at radius 1 is 1.16 bits per heavy atom. The van der Waals surface area contributed by atoms with Crippen LogP contribution in [0.5, 0.6) is 0 Å². The number of rotatable bonds is 8. The molecule has 32 heavy (non-hydrogen) atoms. The zero-order valence-electron chi connectivity index (χ0n) is 18.4. The van der Waals surface area contributed by atoms with Gasteiger partial charge in [-0.25, -0.2) is 0 Å². The highest BCUT2D eigenvalue weighted by molar-refractivity contribution is 5.95. The average Bonchev–Trinajstić information content (AvgIpc) is 3.33. The van der Waals surface area contributed by atoms with Crippen molar-refractivity contribution in [1.29, 1.82) is 0 Å². The number of benzene rings is 1. The number of hydrogen-bond donors (Lipinski definition) is 1. The maximum absolute atomic E-state index is 13.2. The van der Waals surface area contributed by atoms with Crippen LogP contribution in [0, 0.1) is 6.92 Å². The van der Waals surface area contributed by atoms with Crippen molar-refractivity contribution in [3.63, 3.8) is 0 Å². The molecule has 1 N–H and O–H groups in total. The van der Waals surface area contributed by atoms with Gasteiger partial charge in [-0.2, -0.15) is 0 Å². The quantitative estimate of drug-likeness (QED) is 0.593. The van der Waals surface area contributed by atoms with Crippen LogP contribution in [-0.2, 0) is 30.7 Å². The largest absolute Gasteiger partial charge is 0.376 e. The lowest BCUT2D eigenvalue weighted by molar-refractivity contribution is 0.0925. The molecule has 0 unspecified atom stereocenters. The lowest BCUT2D eigenvalue weighted by Crippen LogP contribution is -2.34. The fourth-order valence-electron chi connectivity index (χ4n) is 4.26. The molecule has 1 aliphatic rings. The number of pyridine rings is 2. The Hall–Kier alpha value is -3.25. The molecule has 3 heterocycles. The van der Waals surface area contributed by atoms with Crippen LogP contribution in [0.2, 0.25) is 0 Å². The second-order valence-corrected chi connectivity index (χ2v) is 8.25. The summed E-state index contributed by atoms with van der Waals surface area (Å²) in [6.07, 6.45) is 6.89. The van der Waals surface area contributed by atoms with Gasteiger partial charge in [-0.1, -0.05) is 36.4 Å². The van der Waals surface area contributed by atoms with Crippen molar-refractivity contribution >= 4 is 5.91 Å². The number of hydrogen-bond acceptors (Lipinski definition) is 4. The van der Waals surface area contributed by atoms with Crippen LogP contribution in [0.25, 0.3) is 0 Å². The third-order valence-electron chi connectivity index (χ3n) is 5.93. The fraction of sp³-hybridized carbons (Fsp3) is 0.346. The summed E-state index contributed by atoms with van der Waals surface area (Å²) < 4.78 is 7.97. The molecule has 1 saturated heterocycles. The summed E-state index contributed by atoms with van der Waals surface area (Å²) in [4.78, 5) is 30.3. The second kappa shape index (κ2) is 10.4. The molecular weight excluding hydrogens is 402 g/mol. The van der Waals surface area contributed by atoms with Gasteiger partial charge in [0.05, 0.1) is 6.10 Å². The van der Waals surface area contributed by atoms with Crippen LogP contribution >= 0.6 is 0 Å². The van der Waals surface area contributed by atoms with Crippen molar-refractivity contribution in [2.75, 3.05) is 6.61 Å². The van der Waals surface area contributed by atoms with E-state index in [-0.39, 0.29) is 23.0 Å². The maximum Gasteiger partial charge on any atom is 0.257 e. The number of nitrogens with zero attached hydrogens (tertiary/aromatic N) is 2. The van der Waals surface area contributed by atoms with E-state index in [9.17, 15) is 9.59 Å². The van der Waals surface area contributed by atoms with E-state index in [2.05, 4.69) is 27.0 Å². The van der Waals surface area contributed by atoms with Crippen LogP contribution < -0.4 is 10.7 Å². The topological polar surface area (TPSA) is 73.2 Å². The van der Waals surface area contributed by atoms with Gasteiger partial charge in [-0.3, -0.25) is 14.6 Å². The molecule has 3 aromatic rings. The summed E-state index contributed by atoms with van der Waals surface area (Å²) in [5, 5.41) is 2.91. The van der Waals surface area contributed by atoms with Crippen molar-refractivity contribution in [2.45, 2.75) is 51.8 Å². The third-order valence-corrected chi connectivity index (χ3v) is 5.93. The molecule has 1 aliphatic heterocycles. The number of amides is 1. The number of carbonyl (C=O) groups excluding carboxylic acids is 1. The lowest BCUT2D eigenvalue weighted by Gasteiger charge is -2.22. The van der Waals surface area contributed by atoms with Crippen molar-refractivity contribution in [3.05, 3.63) is 99.2 Å². The molecule has 6 heteroatoms. The van der Waals surface area contributed by atoms with E-state index in [0.29, 0.717) is 19.5 Å². The van der Waals surface area contributed by atoms with Gasteiger partial charge in [0.15, 0.2) is 5.43 Å². The van der Waals surface area contributed by atoms with Crippen molar-refractivity contribution < 1.29 is 9.53 Å². The van der Waals surface area contributed by atoms with E-state index in [1.165, 1.54) is 5.56 Å². The highest BCUT2D eigenvalue weighted by atomic mass is 16.5. The lowest BCUT2D eigenvalue weighted by atomic mass is 10.0. The smallest absolute Gasteiger partial charge is 0.257 e. The molecule has 6 nitrogen and oxygen atoms in total. The fourth-order valence-corrected chi connectivity index (χ4v) is 4.26. The van der Waals surface area contributed by atoms with E-state index in [1.54, 1.807) is 18.5 Å². The van der Waals surface area contributed by atoms with E-state index in [1.807, 2.05) is 37.3 Å². The highest BCUT2D eigenvalue weighted by Gasteiger charge is 2.23. The predicted octanol–water partition coefficient (Wildman–Crippen LogP) is 3.45. The minimum atomic E-state index is -0.344. The summed E-state index contributed by atoms with van der Waals surface area (Å²) in [7, 11) is 0. The molecule has 4 rings (SSSR count). The average molecular weight is 432 g/mol. The summed E-state index contributed by atoms with van der Waals surface area (Å²) in [5.41, 5.74) is 3.69. The first kappa shape index (κ1) is 22.0. The Bertz CT molecular complexity index is 1100. The Balaban J connectivity index is 1.65. The highest BCUT2D eigenvalue weighted by Crippen LogP contribution is 2.19. The van der Waals surface area contributed by atoms with Crippen molar-refractivity contribution in [2.24, 2.45) is 0 Å². The first-order valence-corrected chi connectivity index (χ1v) is 11.2. The molecule has 1 aromatic carbocycles. The summed E-state index contributed by atoms with van der Waals surface area (Å²) in [6, 6.07) is 15.4. The number of nitrogens with one attached hydrogen (secondary N) is 1. The molecule has 0 spiro atoms. The molecule has 1 fully saturated rings. The van der Waals surface area contributed by atoms with E-state index < -0.39 is 0 Å². The van der Waals surface area contributed by atoms with Crippen LogP contribution in [0.3, 0.4) is 0 Å². The first-order valence-electron chi connectivity index (χ1n) is 11.2. The van der Waals surface area contributed by atoms with Crippen molar-refractivity contribution in [1.82, 2.24) is 14.9 Å². The van der Waals surface area contributed by atoms with E-state index in [0.717, 1.165) is 42.8 Å². The predicted molar refractivity (Wildman–Crippen MR) is 124 cm³/mol. The monoisotopic (exact) mass is 431 g/mol. The minimum absolute atomic E-state index is 0.109. The Kier molecular flexibility index (Phi) is 7.12. The van der Waals surface area contributed by atoms with Gasteiger partial charge in [-0.15, -0.1) is 0 Å². The van der Waals surface area contributed by atoms with Crippen LogP contribution in [0.15, 0.2) is 65.7 Å². The number of aromatic nitrogens is 2. The van der Waals surface area contributed by atoms with Gasteiger partial charge in [0.2, 0.25) is 0 Å². The number of carbonyl (C=O) groups is 1. The van der Waals surface area contributed by atoms with E-state index in [4.69, 9.17) is 4.74 Å². The van der Waals surface area contributed by atoms with Gasteiger partial charge in [0, 0.05) is 49.5 Å². The number of aryl methyl sites for hydroxylation is 2. The van der Waals surface area contributed by atoms with E-state index >= 15 is 0 Å². The van der Waals surface area contributed by atoms with Gasteiger partial charge < -0.3 is 14.6 Å². The molecule has 0 radical (unpaired) electrons. The number of ether oxygens (including phenoxy) is 1. The SMILES string of the molecule is Cc1cc(=O)c(C(=O)NCc2cccnc2)c(CCc2ccccc2)n1C[C@H]1CCCO1. The Labute approximate surface area is 188 Å². The van der Waals surface area contributed by atoms with Gasteiger partial charge in [-0.05, 0) is 49.8 Å². The van der Waals surface area contributed by atoms with Gasteiger partial charge >= 0.3 is 0 Å². The zero-order valence-corrected chi connectivity index (χ0v) is 18.4. The van der Waals surface area contributed by atoms with Crippen LogP contribution in [0.1, 0.15) is 45.7 Å². The maximum atomic E-state index is 13.2. The van der Waals surface area contributed by atoms with Crippen molar-refractivity contribution in [3.8, 4) is 0 Å². The molecular formula is C26H29N3O3. The summed E-state index contributed by atoms with van der Waals surface area (Å²) in [6.45, 7) is 3.67. The molecule has 0 aliphatic carbocycles. The summed E-state index contributed by atoms with van der Waals surface area (Å²) >= 11 is 0. The third kappa shape index (κ3) is 5.32. The standard InChI is InChI=1S/C26H29N3O3/c1-19-15-24(30)25(26(31)28-17-21-9-5-13-27-16-21)23(12-11-20-7-3-2-4-8-20)29(19)18-22-10-6-14-32-22/h2-5,7-9,13,15-16,22H,6,10-12,14,17-18H2,1H3,(H,28,31)/t22-/m1/s1. The molecule has 1 amide bonds. The van der Waals surface area contributed by atoms with Crippen LogP contribution in [0.4, 0.5) is 0 Å². The Morgan fingerprint density at radius 3 is 2.69 bits per heavy atom. The minimum Gasteiger partial charge on any atom is -0.376 e. The first-order chi connectivity index (χ1) is 15.6. The van der Waals surface area contributed by atoms with Gasteiger partial charge in [0.25, 0.3) is 5.91 Å². The molecule has 2 aromatic heterocycles. The normalized spacial score (nSPS) is 15.6.